The number of rotatable bonds is 1. The van der Waals surface area contributed by atoms with Crippen molar-refractivity contribution in [2.45, 2.75) is 76.2 Å². The van der Waals surface area contributed by atoms with Crippen LogP contribution in [-0.2, 0) is 9.53 Å². The zero-order valence-corrected chi connectivity index (χ0v) is 12.2. The van der Waals surface area contributed by atoms with E-state index >= 15 is 0 Å². The Morgan fingerprint density at radius 2 is 1.63 bits per heavy atom. The molecular formula is C17H26O2. The quantitative estimate of drug-likeness (QED) is 0.708. The Hall–Kier alpha value is -0.630. The third-order valence-electron chi connectivity index (χ3n) is 5.55. The van der Waals surface area contributed by atoms with Crippen molar-refractivity contribution in [2.24, 2.45) is 5.41 Å². The molecule has 106 valence electrons. The van der Waals surface area contributed by atoms with E-state index in [9.17, 15) is 4.79 Å². The Labute approximate surface area is 116 Å². The van der Waals surface area contributed by atoms with Crippen molar-refractivity contribution in [3.8, 4) is 0 Å². The Bertz CT molecular complexity index is 398. The lowest BCUT2D eigenvalue weighted by Gasteiger charge is -2.15. The van der Waals surface area contributed by atoms with Crippen molar-refractivity contribution >= 4 is 5.78 Å². The molecular weight excluding hydrogens is 236 g/mol. The van der Waals surface area contributed by atoms with Crippen LogP contribution in [0.3, 0.4) is 0 Å². The van der Waals surface area contributed by atoms with E-state index in [0.29, 0.717) is 5.78 Å². The molecule has 2 atom stereocenters. The summed E-state index contributed by atoms with van der Waals surface area (Å²) in [6, 6.07) is 0. The van der Waals surface area contributed by atoms with E-state index in [1.54, 1.807) is 7.11 Å². The van der Waals surface area contributed by atoms with Crippen molar-refractivity contribution in [3.05, 3.63) is 11.6 Å². The van der Waals surface area contributed by atoms with Crippen LogP contribution in [0, 0.1) is 5.41 Å². The number of carbonyl (C=O) groups excluding carboxylic acids is 1. The molecule has 0 radical (unpaired) electrons. The van der Waals surface area contributed by atoms with E-state index in [-0.39, 0.29) is 11.0 Å². The number of carbonyl (C=O) groups is 1. The number of hydrogen-bond acceptors (Lipinski definition) is 2. The molecule has 0 N–H and O–H groups in total. The average Bonchev–Trinajstić information content (AvgIpc) is 3.01. The van der Waals surface area contributed by atoms with Gasteiger partial charge in [-0.3, -0.25) is 4.79 Å². The number of Topliss-reactive ketones (excluding diaryl/α,β-unsaturated/α-hetero) is 1. The second kappa shape index (κ2) is 5.05. The highest BCUT2D eigenvalue weighted by Crippen LogP contribution is 2.68. The predicted molar refractivity (Wildman–Crippen MR) is 76.1 cm³/mol. The lowest BCUT2D eigenvalue weighted by molar-refractivity contribution is -0.122. The number of methoxy groups -OCH3 is 1. The van der Waals surface area contributed by atoms with Crippen LogP contribution in [0.2, 0.25) is 0 Å². The lowest BCUT2D eigenvalue weighted by Crippen LogP contribution is -2.23. The van der Waals surface area contributed by atoms with Gasteiger partial charge in [0.25, 0.3) is 0 Å². The van der Waals surface area contributed by atoms with Crippen molar-refractivity contribution in [3.63, 3.8) is 0 Å². The van der Waals surface area contributed by atoms with Crippen LogP contribution in [0.1, 0.15) is 70.6 Å². The van der Waals surface area contributed by atoms with Gasteiger partial charge in [0.15, 0.2) is 5.78 Å². The number of allylic oxidation sites excluding steroid dienone is 1. The number of fused-ring (bicyclic) bond motifs is 1. The SMILES string of the molecule is COC12C=C3CCCCCCCCCCC1(C2)C3=O. The molecule has 3 rings (SSSR count). The molecule has 2 heteroatoms. The summed E-state index contributed by atoms with van der Waals surface area (Å²) in [6.45, 7) is 0. The standard InChI is InChI=1S/C17H26O2/c1-19-17-12-14-10-8-6-4-2-3-5-7-9-11-16(17,13-17)15(14)18/h12H,2-11,13H2,1H3. The van der Waals surface area contributed by atoms with Crippen LogP contribution >= 0.6 is 0 Å². The molecule has 0 aromatic carbocycles. The lowest BCUT2D eigenvalue weighted by atomic mass is 9.90. The maximum atomic E-state index is 12.7. The van der Waals surface area contributed by atoms with Crippen molar-refractivity contribution in [2.75, 3.05) is 7.11 Å². The van der Waals surface area contributed by atoms with Crippen LogP contribution in [0.5, 0.6) is 0 Å². The molecule has 19 heavy (non-hydrogen) atoms. The van der Waals surface area contributed by atoms with Gasteiger partial charge in [-0.05, 0) is 37.3 Å². The van der Waals surface area contributed by atoms with Gasteiger partial charge in [0.2, 0.25) is 0 Å². The maximum absolute atomic E-state index is 12.7. The molecule has 2 nitrogen and oxygen atoms in total. The monoisotopic (exact) mass is 262 g/mol. The largest absolute Gasteiger partial charge is 0.373 e. The van der Waals surface area contributed by atoms with E-state index < -0.39 is 0 Å². The number of hydrogen-bond donors (Lipinski definition) is 0. The molecule has 2 saturated carbocycles. The highest BCUT2D eigenvalue weighted by atomic mass is 16.5. The minimum atomic E-state index is -0.205. The van der Waals surface area contributed by atoms with E-state index in [2.05, 4.69) is 6.08 Å². The maximum Gasteiger partial charge on any atom is 0.168 e. The topological polar surface area (TPSA) is 26.3 Å². The molecule has 3 aliphatic rings. The van der Waals surface area contributed by atoms with E-state index in [1.807, 2.05) is 0 Å². The molecule has 2 bridgehead atoms. The Morgan fingerprint density at radius 3 is 2.32 bits per heavy atom. The first-order valence-electron chi connectivity index (χ1n) is 8.06. The van der Waals surface area contributed by atoms with Crippen molar-refractivity contribution in [1.82, 2.24) is 0 Å². The molecule has 0 aromatic heterocycles. The molecule has 0 aliphatic heterocycles. The zero-order valence-electron chi connectivity index (χ0n) is 12.2. The third-order valence-corrected chi connectivity index (χ3v) is 5.55. The normalized spacial score (nSPS) is 39.6. The zero-order chi connectivity index (χ0) is 13.3. The van der Waals surface area contributed by atoms with Crippen LogP contribution in [0.25, 0.3) is 0 Å². The van der Waals surface area contributed by atoms with E-state index in [1.165, 1.54) is 51.4 Å². The van der Waals surface area contributed by atoms with Gasteiger partial charge in [-0.15, -0.1) is 0 Å². The van der Waals surface area contributed by atoms with Gasteiger partial charge in [-0.1, -0.05) is 44.9 Å². The van der Waals surface area contributed by atoms with Crippen LogP contribution in [0.15, 0.2) is 11.6 Å². The molecule has 2 unspecified atom stereocenters. The van der Waals surface area contributed by atoms with Gasteiger partial charge in [0, 0.05) is 7.11 Å². The Kier molecular flexibility index (Phi) is 3.55. The summed E-state index contributed by atoms with van der Waals surface area (Å²) in [7, 11) is 1.78. The number of ether oxygens (including phenoxy) is 1. The van der Waals surface area contributed by atoms with Gasteiger partial charge in [0.1, 0.15) is 5.60 Å². The molecule has 0 heterocycles. The summed E-state index contributed by atoms with van der Waals surface area (Å²) < 4.78 is 5.73. The summed E-state index contributed by atoms with van der Waals surface area (Å²) >= 11 is 0. The predicted octanol–water partition coefficient (Wildman–Crippen LogP) is 4.19. The summed E-state index contributed by atoms with van der Waals surface area (Å²) in [5.41, 5.74) is 0.724. The first kappa shape index (κ1) is 13.4. The van der Waals surface area contributed by atoms with Crippen molar-refractivity contribution < 1.29 is 9.53 Å². The highest BCUT2D eigenvalue weighted by molar-refractivity contribution is 6.07. The van der Waals surface area contributed by atoms with Gasteiger partial charge in [-0.25, -0.2) is 0 Å². The fraction of sp³-hybridized carbons (Fsp3) is 0.824. The van der Waals surface area contributed by atoms with Crippen LogP contribution in [-0.4, -0.2) is 18.5 Å². The summed E-state index contributed by atoms with van der Waals surface area (Å²) in [4.78, 5) is 12.7. The minimum absolute atomic E-state index is 0.148. The fourth-order valence-electron chi connectivity index (χ4n) is 4.25. The second-order valence-electron chi connectivity index (χ2n) is 6.68. The molecule has 0 amide bonds. The average molecular weight is 262 g/mol. The van der Waals surface area contributed by atoms with Crippen LogP contribution in [0.4, 0.5) is 0 Å². The third kappa shape index (κ3) is 2.08. The fourth-order valence-corrected chi connectivity index (χ4v) is 4.25. The minimum Gasteiger partial charge on any atom is -0.373 e. The summed E-state index contributed by atoms with van der Waals surface area (Å²) in [5, 5.41) is 0. The van der Waals surface area contributed by atoms with Gasteiger partial charge in [-0.2, -0.15) is 0 Å². The van der Waals surface area contributed by atoms with E-state index in [4.69, 9.17) is 4.74 Å². The Balaban J connectivity index is 1.75. The van der Waals surface area contributed by atoms with Crippen LogP contribution < -0.4 is 0 Å². The summed E-state index contributed by atoms with van der Waals surface area (Å²) in [5.74, 6) is 0.425. The Morgan fingerprint density at radius 1 is 1.00 bits per heavy atom. The van der Waals surface area contributed by atoms with Gasteiger partial charge in [0.05, 0.1) is 5.41 Å². The molecule has 0 saturated heterocycles. The van der Waals surface area contributed by atoms with E-state index in [0.717, 1.165) is 24.8 Å². The first-order chi connectivity index (χ1) is 9.24. The molecule has 3 aliphatic carbocycles. The summed E-state index contributed by atoms with van der Waals surface area (Å²) in [6.07, 6.45) is 15.5. The second-order valence-corrected chi connectivity index (χ2v) is 6.68. The highest BCUT2D eigenvalue weighted by Gasteiger charge is 2.74. The van der Waals surface area contributed by atoms with Gasteiger partial charge < -0.3 is 4.74 Å². The molecule has 0 aromatic rings. The first-order valence-corrected chi connectivity index (χ1v) is 8.06. The van der Waals surface area contributed by atoms with Gasteiger partial charge >= 0.3 is 0 Å². The van der Waals surface area contributed by atoms with Crippen molar-refractivity contribution in [1.29, 1.82) is 0 Å². The molecule has 2 fully saturated rings. The smallest absolute Gasteiger partial charge is 0.168 e. The molecule has 1 spiro atoms. The number of ketones is 1.